The lowest BCUT2D eigenvalue weighted by Crippen LogP contribution is -2.02. The Hall–Kier alpha value is -4.96. The predicted octanol–water partition coefficient (Wildman–Crippen LogP) is 10.5. The maximum atomic E-state index is 11.3. The first-order chi connectivity index (χ1) is 20.8. The van der Waals surface area contributed by atoms with Crippen LogP contribution in [0.3, 0.4) is 0 Å². The zero-order valence-corrected chi connectivity index (χ0v) is 27.1. The van der Waals surface area contributed by atoms with E-state index < -0.39 is 11.9 Å². The first kappa shape index (κ1) is 35.2. The van der Waals surface area contributed by atoms with E-state index in [1.807, 2.05) is 114 Å². The van der Waals surface area contributed by atoms with Crippen molar-refractivity contribution in [2.75, 3.05) is 0 Å². The summed E-state index contributed by atoms with van der Waals surface area (Å²) in [5.41, 5.74) is 10.7. The molecule has 0 bridgehead atoms. The van der Waals surface area contributed by atoms with Gasteiger partial charge in [0.05, 0.1) is 11.1 Å². The molecule has 2 aromatic rings. The minimum atomic E-state index is -0.900. The number of carbonyl (C=O) groups is 2. The summed E-state index contributed by atoms with van der Waals surface area (Å²) in [6, 6.07) is 7.01. The fourth-order valence-electron chi connectivity index (χ4n) is 4.29. The van der Waals surface area contributed by atoms with E-state index in [1.165, 1.54) is 0 Å². The summed E-state index contributed by atoms with van der Waals surface area (Å²) in [5, 5.41) is 18.6. The van der Waals surface area contributed by atoms with Gasteiger partial charge in [-0.2, -0.15) is 0 Å². The van der Waals surface area contributed by atoms with Crippen molar-refractivity contribution < 1.29 is 19.8 Å². The number of hydrogen-bond donors (Lipinski definition) is 2. The van der Waals surface area contributed by atoms with Crippen molar-refractivity contribution in [1.29, 1.82) is 0 Å². The molecule has 0 radical (unpaired) electrons. The van der Waals surface area contributed by atoms with Gasteiger partial charge in [0.2, 0.25) is 0 Å². The van der Waals surface area contributed by atoms with Gasteiger partial charge in [-0.1, -0.05) is 119 Å². The standard InChI is InChI=1S/C40H44O4/c1-27(15-11-17-29(3)19-21-35-23-25-37(39(41)42)33(7)31(35)5)13-9-10-14-28(2)16-12-18-30(4)20-22-36-24-26-38(40(43)44)34(8)32(36)6/h9-26H,1-8H3,(H,41,42)(H,43,44)/b10-9+,15-11+,16-12+,21-19+,22-20+,27-13+,28-14+,29-17+,30-18+. The molecule has 0 atom stereocenters. The summed E-state index contributed by atoms with van der Waals surface area (Å²) in [6.45, 7) is 15.7. The number of rotatable bonds is 12. The van der Waals surface area contributed by atoms with Crippen molar-refractivity contribution in [2.24, 2.45) is 0 Å². The van der Waals surface area contributed by atoms with E-state index in [1.54, 1.807) is 12.1 Å². The summed E-state index contributed by atoms with van der Waals surface area (Å²) in [6.07, 6.45) is 28.5. The van der Waals surface area contributed by atoms with E-state index in [9.17, 15) is 19.8 Å². The molecule has 0 aliphatic carbocycles. The lowest BCUT2D eigenvalue weighted by molar-refractivity contribution is 0.0685. The quantitative estimate of drug-likeness (QED) is 0.242. The summed E-state index contributed by atoms with van der Waals surface area (Å²) < 4.78 is 0. The second kappa shape index (κ2) is 17.2. The number of carboxylic acid groups (broad SMARTS) is 2. The van der Waals surface area contributed by atoms with E-state index >= 15 is 0 Å². The average molecular weight is 589 g/mol. The lowest BCUT2D eigenvalue weighted by Gasteiger charge is -2.08. The van der Waals surface area contributed by atoms with Gasteiger partial charge in [0.15, 0.2) is 0 Å². The fourth-order valence-corrected chi connectivity index (χ4v) is 4.29. The normalized spacial score (nSPS) is 13.9. The average Bonchev–Trinajstić information content (AvgIpc) is 2.96. The maximum Gasteiger partial charge on any atom is 0.335 e. The van der Waals surface area contributed by atoms with Crippen molar-refractivity contribution in [1.82, 2.24) is 0 Å². The molecule has 4 nitrogen and oxygen atoms in total. The molecule has 228 valence electrons. The number of benzene rings is 2. The Labute approximate surface area is 262 Å². The molecular weight excluding hydrogens is 544 g/mol. The van der Waals surface area contributed by atoms with E-state index in [4.69, 9.17) is 0 Å². The van der Waals surface area contributed by atoms with Crippen LogP contribution in [-0.4, -0.2) is 22.2 Å². The van der Waals surface area contributed by atoms with E-state index in [-0.39, 0.29) is 0 Å². The molecule has 4 heteroatoms. The Kier molecular flexibility index (Phi) is 13.8. The topological polar surface area (TPSA) is 74.6 Å². The van der Waals surface area contributed by atoms with Crippen LogP contribution >= 0.6 is 0 Å². The molecule has 0 fully saturated rings. The third-order valence-corrected chi connectivity index (χ3v) is 7.44. The molecule has 2 rings (SSSR count). The van der Waals surface area contributed by atoms with Gasteiger partial charge in [-0.05, 0) is 101 Å². The zero-order chi connectivity index (χ0) is 32.8. The molecule has 0 heterocycles. The molecule has 2 aromatic carbocycles. The number of allylic oxidation sites excluding steroid dienone is 16. The molecule has 0 aliphatic rings. The second-order valence-corrected chi connectivity index (χ2v) is 10.9. The first-order valence-electron chi connectivity index (χ1n) is 14.6. The van der Waals surface area contributed by atoms with Crippen molar-refractivity contribution in [3.05, 3.63) is 164 Å². The largest absolute Gasteiger partial charge is 0.478 e. The van der Waals surface area contributed by atoms with Crippen LogP contribution in [0.5, 0.6) is 0 Å². The molecule has 2 N–H and O–H groups in total. The van der Waals surface area contributed by atoms with Crippen LogP contribution in [-0.2, 0) is 0 Å². The van der Waals surface area contributed by atoms with Crippen LogP contribution in [0.15, 0.2) is 119 Å². The smallest absolute Gasteiger partial charge is 0.335 e. The van der Waals surface area contributed by atoms with Crippen molar-refractivity contribution in [3.8, 4) is 0 Å². The van der Waals surface area contributed by atoms with Crippen LogP contribution < -0.4 is 0 Å². The van der Waals surface area contributed by atoms with Crippen LogP contribution in [0.4, 0.5) is 0 Å². The van der Waals surface area contributed by atoms with Crippen LogP contribution in [0, 0.1) is 27.7 Å². The van der Waals surface area contributed by atoms with Gasteiger partial charge in [0, 0.05) is 0 Å². The highest BCUT2D eigenvalue weighted by atomic mass is 16.4. The molecule has 0 saturated carbocycles. The van der Waals surface area contributed by atoms with Crippen molar-refractivity contribution in [2.45, 2.75) is 55.4 Å². The van der Waals surface area contributed by atoms with Crippen LogP contribution in [0.1, 0.15) is 81.8 Å². The highest BCUT2D eigenvalue weighted by Crippen LogP contribution is 2.21. The number of carboxylic acids is 2. The molecule has 0 amide bonds. The summed E-state index contributed by atoms with van der Waals surface area (Å²) in [5.74, 6) is -1.80. The molecule has 0 aromatic heterocycles. The first-order valence-corrected chi connectivity index (χ1v) is 14.6. The fraction of sp³-hybridized carbons (Fsp3) is 0.200. The Bertz CT molecular complexity index is 1540. The highest BCUT2D eigenvalue weighted by molar-refractivity contribution is 5.91. The zero-order valence-electron chi connectivity index (χ0n) is 27.1. The van der Waals surface area contributed by atoms with Gasteiger partial charge in [0.1, 0.15) is 0 Å². The summed E-state index contributed by atoms with van der Waals surface area (Å²) in [4.78, 5) is 22.6. The highest BCUT2D eigenvalue weighted by Gasteiger charge is 2.11. The number of hydrogen-bond acceptors (Lipinski definition) is 2. The van der Waals surface area contributed by atoms with E-state index in [0.29, 0.717) is 11.1 Å². The Balaban J connectivity index is 1.92. The van der Waals surface area contributed by atoms with Gasteiger partial charge >= 0.3 is 11.9 Å². The van der Waals surface area contributed by atoms with Gasteiger partial charge in [0.25, 0.3) is 0 Å². The van der Waals surface area contributed by atoms with E-state index in [0.717, 1.165) is 55.7 Å². The van der Waals surface area contributed by atoms with Gasteiger partial charge in [-0.3, -0.25) is 0 Å². The van der Waals surface area contributed by atoms with Gasteiger partial charge in [-0.15, -0.1) is 0 Å². The molecule has 0 aliphatic heterocycles. The monoisotopic (exact) mass is 588 g/mol. The van der Waals surface area contributed by atoms with Crippen molar-refractivity contribution >= 4 is 24.1 Å². The molecular formula is C40H44O4. The summed E-state index contributed by atoms with van der Waals surface area (Å²) >= 11 is 0. The summed E-state index contributed by atoms with van der Waals surface area (Å²) in [7, 11) is 0. The molecule has 0 saturated heterocycles. The molecule has 0 spiro atoms. The number of aromatic carboxylic acids is 2. The Morgan fingerprint density at radius 3 is 1.14 bits per heavy atom. The van der Waals surface area contributed by atoms with Gasteiger partial charge in [-0.25, -0.2) is 9.59 Å². The lowest BCUT2D eigenvalue weighted by atomic mass is 9.97. The van der Waals surface area contributed by atoms with Crippen LogP contribution in [0.25, 0.3) is 12.2 Å². The minimum Gasteiger partial charge on any atom is -0.478 e. The second-order valence-electron chi connectivity index (χ2n) is 10.9. The van der Waals surface area contributed by atoms with Crippen LogP contribution in [0.2, 0.25) is 0 Å². The molecule has 44 heavy (non-hydrogen) atoms. The Morgan fingerprint density at radius 2 is 0.795 bits per heavy atom. The predicted molar refractivity (Wildman–Crippen MR) is 186 cm³/mol. The van der Waals surface area contributed by atoms with Gasteiger partial charge < -0.3 is 10.2 Å². The maximum absolute atomic E-state index is 11.3. The third-order valence-electron chi connectivity index (χ3n) is 7.44. The van der Waals surface area contributed by atoms with Crippen molar-refractivity contribution in [3.63, 3.8) is 0 Å². The SMILES string of the molecule is CC(/C=C/C=C(C)/C=C/c1ccc(C(=O)O)c(C)c1C)=C\C=C\C=C(C)\C=C\C=C(C)\C=C\c1ccc(C(=O)O)c(C)c1C. The third kappa shape index (κ3) is 11.0. The molecule has 0 unspecified atom stereocenters. The van der Waals surface area contributed by atoms with E-state index in [2.05, 4.69) is 38.2 Å². The minimum absolute atomic E-state index is 0.343. The Morgan fingerprint density at radius 1 is 0.477 bits per heavy atom.